The number of aryl methyl sites for hydroxylation is 1. The second kappa shape index (κ2) is 9.73. The highest BCUT2D eigenvalue weighted by Crippen LogP contribution is 2.30. The molecule has 1 aromatic heterocycles. The Morgan fingerprint density at radius 1 is 1.13 bits per heavy atom. The van der Waals surface area contributed by atoms with Crippen molar-refractivity contribution in [2.24, 2.45) is 0 Å². The van der Waals surface area contributed by atoms with Gasteiger partial charge in [-0.05, 0) is 51.0 Å². The molecule has 0 bridgehead atoms. The minimum absolute atomic E-state index is 0.0240. The number of hydrogen-bond acceptors (Lipinski definition) is 6. The molecule has 0 radical (unpaired) electrons. The summed E-state index contributed by atoms with van der Waals surface area (Å²) in [7, 11) is 0. The van der Waals surface area contributed by atoms with E-state index in [0.29, 0.717) is 49.0 Å². The molecule has 1 heterocycles. The number of nitrogens with one attached hydrogen (secondary N) is 1. The summed E-state index contributed by atoms with van der Waals surface area (Å²) < 4.78 is 10.5. The Morgan fingerprint density at radius 3 is 2.37 bits per heavy atom. The lowest BCUT2D eigenvalue weighted by atomic mass is 9.80. The second-order valence-electron chi connectivity index (χ2n) is 7.62. The van der Waals surface area contributed by atoms with Gasteiger partial charge >= 0.3 is 0 Å². The quantitative estimate of drug-likeness (QED) is 0.712. The molecule has 30 heavy (non-hydrogen) atoms. The first-order valence-electron chi connectivity index (χ1n) is 10.6. The third kappa shape index (κ3) is 4.98. The van der Waals surface area contributed by atoms with Crippen LogP contribution in [0.5, 0.6) is 5.75 Å². The van der Waals surface area contributed by atoms with Crippen LogP contribution in [0.1, 0.15) is 68.0 Å². The van der Waals surface area contributed by atoms with Crippen LogP contribution in [0.4, 0.5) is 0 Å². The fourth-order valence-corrected chi connectivity index (χ4v) is 3.90. The van der Waals surface area contributed by atoms with Gasteiger partial charge in [0, 0.05) is 25.6 Å². The van der Waals surface area contributed by atoms with Gasteiger partial charge < -0.3 is 19.5 Å². The second-order valence-corrected chi connectivity index (χ2v) is 7.62. The highest BCUT2D eigenvalue weighted by atomic mass is 16.5. The number of likely N-dealkylation sites (N-methyl/N-ethyl adjacent to an activating group) is 1. The molecule has 0 saturated heterocycles. The highest BCUT2D eigenvalue weighted by molar-refractivity contribution is 5.99. The molecule has 8 heteroatoms. The van der Waals surface area contributed by atoms with Gasteiger partial charge in [-0.2, -0.15) is 4.98 Å². The minimum Gasteiger partial charge on any atom is -0.485 e. The number of benzene rings is 1. The van der Waals surface area contributed by atoms with Crippen LogP contribution < -0.4 is 10.1 Å². The van der Waals surface area contributed by atoms with E-state index < -0.39 is 5.54 Å². The molecule has 0 atom stereocenters. The van der Waals surface area contributed by atoms with Crippen molar-refractivity contribution >= 4 is 11.8 Å². The Bertz CT molecular complexity index is 852. The van der Waals surface area contributed by atoms with Crippen molar-refractivity contribution in [3.05, 3.63) is 41.5 Å². The van der Waals surface area contributed by atoms with Crippen molar-refractivity contribution in [3.8, 4) is 5.75 Å². The average Bonchev–Trinajstić information content (AvgIpc) is 3.19. The van der Waals surface area contributed by atoms with E-state index in [9.17, 15) is 9.59 Å². The Labute approximate surface area is 177 Å². The van der Waals surface area contributed by atoms with E-state index in [2.05, 4.69) is 15.5 Å². The van der Waals surface area contributed by atoms with Gasteiger partial charge in [-0.25, -0.2) is 0 Å². The Balaban J connectivity index is 1.67. The maximum absolute atomic E-state index is 13.2. The Hall–Kier alpha value is -2.90. The van der Waals surface area contributed by atoms with E-state index in [1.54, 1.807) is 31.2 Å². The smallest absolute Gasteiger partial charge is 0.252 e. The first-order valence-corrected chi connectivity index (χ1v) is 10.6. The van der Waals surface area contributed by atoms with Crippen LogP contribution in [0, 0.1) is 6.92 Å². The Kier molecular flexibility index (Phi) is 7.07. The molecule has 1 aromatic carbocycles. The standard InChI is InChI=1S/C22H30N4O4/c1-4-26(5-2)21(28)22(13-7-6-8-14-22)24-20(27)17-9-11-18(12-10-17)29-15-19-23-16(3)30-25-19/h9-12H,4-8,13-15H2,1-3H3,(H,24,27). The molecule has 162 valence electrons. The number of carbonyl (C=O) groups is 2. The molecule has 0 aliphatic heterocycles. The molecule has 1 saturated carbocycles. The van der Waals surface area contributed by atoms with Gasteiger partial charge in [-0.1, -0.05) is 24.4 Å². The van der Waals surface area contributed by atoms with Gasteiger partial charge in [0.1, 0.15) is 11.3 Å². The molecule has 0 unspecified atom stereocenters. The van der Waals surface area contributed by atoms with E-state index in [1.165, 1.54) is 0 Å². The summed E-state index contributed by atoms with van der Waals surface area (Å²) in [4.78, 5) is 32.1. The topological polar surface area (TPSA) is 97.6 Å². The molecule has 2 aromatic rings. The number of rotatable bonds is 8. The molecular formula is C22H30N4O4. The van der Waals surface area contributed by atoms with E-state index in [0.717, 1.165) is 19.3 Å². The van der Waals surface area contributed by atoms with Gasteiger partial charge in [0.15, 0.2) is 6.61 Å². The molecule has 1 fully saturated rings. The van der Waals surface area contributed by atoms with Crippen molar-refractivity contribution in [2.75, 3.05) is 13.1 Å². The summed E-state index contributed by atoms with van der Waals surface area (Å²) in [5.41, 5.74) is -0.317. The fraction of sp³-hybridized carbons (Fsp3) is 0.545. The van der Waals surface area contributed by atoms with Crippen molar-refractivity contribution < 1.29 is 18.8 Å². The summed E-state index contributed by atoms with van der Waals surface area (Å²) >= 11 is 0. The maximum Gasteiger partial charge on any atom is 0.252 e. The van der Waals surface area contributed by atoms with Crippen LogP contribution in [0.15, 0.2) is 28.8 Å². The third-order valence-corrected chi connectivity index (χ3v) is 5.57. The van der Waals surface area contributed by atoms with Gasteiger partial charge in [0.2, 0.25) is 17.6 Å². The van der Waals surface area contributed by atoms with Crippen molar-refractivity contribution in [1.29, 1.82) is 0 Å². The van der Waals surface area contributed by atoms with E-state index in [4.69, 9.17) is 9.26 Å². The molecular weight excluding hydrogens is 384 g/mol. The van der Waals surface area contributed by atoms with Crippen molar-refractivity contribution in [2.45, 2.75) is 65.0 Å². The number of aromatic nitrogens is 2. The molecule has 1 N–H and O–H groups in total. The lowest BCUT2D eigenvalue weighted by Crippen LogP contribution is -2.60. The molecule has 8 nitrogen and oxygen atoms in total. The minimum atomic E-state index is -0.812. The van der Waals surface area contributed by atoms with Gasteiger partial charge in [0.05, 0.1) is 0 Å². The zero-order chi connectivity index (χ0) is 21.6. The number of hydrogen-bond donors (Lipinski definition) is 1. The zero-order valence-electron chi connectivity index (χ0n) is 17.9. The van der Waals surface area contributed by atoms with Gasteiger partial charge in [-0.15, -0.1) is 0 Å². The van der Waals surface area contributed by atoms with Crippen LogP contribution in [-0.4, -0.2) is 45.5 Å². The van der Waals surface area contributed by atoms with Gasteiger partial charge in [0.25, 0.3) is 5.91 Å². The largest absolute Gasteiger partial charge is 0.485 e. The van der Waals surface area contributed by atoms with E-state index in [-0.39, 0.29) is 18.4 Å². The number of amides is 2. The van der Waals surface area contributed by atoms with Crippen LogP contribution in [0.2, 0.25) is 0 Å². The number of carbonyl (C=O) groups excluding carboxylic acids is 2. The first-order chi connectivity index (χ1) is 14.5. The van der Waals surface area contributed by atoms with Gasteiger partial charge in [-0.3, -0.25) is 9.59 Å². The maximum atomic E-state index is 13.2. The summed E-state index contributed by atoms with van der Waals surface area (Å²) in [6.45, 7) is 7.11. The predicted molar refractivity (Wildman–Crippen MR) is 111 cm³/mol. The highest BCUT2D eigenvalue weighted by Gasteiger charge is 2.42. The van der Waals surface area contributed by atoms with Crippen LogP contribution in [-0.2, 0) is 11.4 Å². The lowest BCUT2D eigenvalue weighted by molar-refractivity contribution is -0.139. The van der Waals surface area contributed by atoms with E-state index >= 15 is 0 Å². The predicted octanol–water partition coefficient (Wildman–Crippen LogP) is 3.26. The van der Waals surface area contributed by atoms with Crippen LogP contribution in [0.3, 0.4) is 0 Å². The number of ether oxygens (including phenoxy) is 1. The summed E-state index contributed by atoms with van der Waals surface area (Å²) in [6.07, 6.45) is 4.33. The third-order valence-electron chi connectivity index (χ3n) is 5.57. The lowest BCUT2D eigenvalue weighted by Gasteiger charge is -2.40. The average molecular weight is 415 g/mol. The number of nitrogens with zero attached hydrogens (tertiary/aromatic N) is 3. The summed E-state index contributed by atoms with van der Waals surface area (Å²) in [5.74, 6) is 1.33. The molecule has 1 aliphatic rings. The zero-order valence-corrected chi connectivity index (χ0v) is 17.9. The van der Waals surface area contributed by atoms with Crippen molar-refractivity contribution in [3.63, 3.8) is 0 Å². The van der Waals surface area contributed by atoms with Crippen LogP contribution in [0.25, 0.3) is 0 Å². The molecule has 0 spiro atoms. The first kappa shape index (κ1) is 21.8. The van der Waals surface area contributed by atoms with E-state index in [1.807, 2.05) is 18.7 Å². The van der Waals surface area contributed by atoms with Crippen molar-refractivity contribution in [1.82, 2.24) is 20.4 Å². The molecule has 1 aliphatic carbocycles. The monoisotopic (exact) mass is 414 g/mol. The molecule has 2 amide bonds. The summed E-state index contributed by atoms with van der Waals surface area (Å²) in [5, 5.41) is 6.86. The summed E-state index contributed by atoms with van der Waals surface area (Å²) in [6, 6.07) is 6.85. The molecule has 3 rings (SSSR count). The Morgan fingerprint density at radius 2 is 1.80 bits per heavy atom. The normalized spacial score (nSPS) is 15.4. The van der Waals surface area contributed by atoms with Crippen LogP contribution >= 0.6 is 0 Å². The SMILES string of the molecule is CCN(CC)C(=O)C1(NC(=O)c2ccc(OCc3noc(C)n3)cc2)CCCCC1. The fourth-order valence-electron chi connectivity index (χ4n) is 3.90.